The third-order valence-corrected chi connectivity index (χ3v) is 12.9. The molecule has 0 N–H and O–H groups in total. The maximum atomic E-state index is 7.18. The molecule has 3 aliphatic rings. The van der Waals surface area contributed by atoms with Gasteiger partial charge in [-0.15, -0.1) is 0 Å². The normalized spacial score (nSPS) is 20.4. The monoisotopic (exact) mass is 547 g/mol. The molecule has 0 unspecified atom stereocenters. The van der Waals surface area contributed by atoms with Gasteiger partial charge in [0.05, 0.1) is 11.2 Å². The SMILES string of the molecule is CC1=c2c(C)c3c(c(C)c2Oc2c(C)c4c(c(C)c21)-c1ccccc1C(C)(C)N4C)=C(C)C(C)(C)C(C)(C)C3(C)C. The minimum Gasteiger partial charge on any atom is -0.455 e. The van der Waals surface area contributed by atoms with Gasteiger partial charge in [0.15, 0.2) is 0 Å². The van der Waals surface area contributed by atoms with Crippen LogP contribution in [0, 0.1) is 38.5 Å². The van der Waals surface area contributed by atoms with Gasteiger partial charge in [-0.1, -0.05) is 71.4 Å². The van der Waals surface area contributed by atoms with Crippen LogP contribution in [-0.4, -0.2) is 7.05 Å². The predicted molar refractivity (Wildman–Crippen MR) is 176 cm³/mol. The van der Waals surface area contributed by atoms with Gasteiger partial charge < -0.3 is 9.64 Å². The van der Waals surface area contributed by atoms with Gasteiger partial charge in [-0.3, -0.25) is 0 Å². The predicted octanol–water partition coefficient (Wildman–Crippen LogP) is 9.11. The molecule has 0 atom stereocenters. The summed E-state index contributed by atoms with van der Waals surface area (Å²) >= 11 is 0. The van der Waals surface area contributed by atoms with E-state index in [0.29, 0.717) is 0 Å². The Hall–Kier alpha value is -3.00. The van der Waals surface area contributed by atoms with Crippen molar-refractivity contribution >= 4 is 16.8 Å². The van der Waals surface area contributed by atoms with E-state index in [-0.39, 0.29) is 21.8 Å². The van der Waals surface area contributed by atoms with E-state index in [1.54, 1.807) is 0 Å². The molecule has 6 rings (SSSR count). The van der Waals surface area contributed by atoms with E-state index in [1.165, 1.54) is 77.3 Å². The van der Waals surface area contributed by atoms with Crippen LogP contribution < -0.4 is 20.1 Å². The molecule has 0 amide bonds. The van der Waals surface area contributed by atoms with Crippen LogP contribution in [0.5, 0.6) is 11.5 Å². The summed E-state index contributed by atoms with van der Waals surface area (Å²) in [4.78, 5) is 2.47. The van der Waals surface area contributed by atoms with Gasteiger partial charge in [0.25, 0.3) is 0 Å². The fraction of sp³-hybridized carbons (Fsp3) is 0.487. The Bertz CT molecular complexity index is 1830. The molecule has 2 heterocycles. The average Bonchev–Trinajstić information content (AvgIpc) is 2.89. The zero-order valence-corrected chi connectivity index (χ0v) is 28.2. The minimum absolute atomic E-state index is 0.0101. The third kappa shape index (κ3) is 3.05. The van der Waals surface area contributed by atoms with Gasteiger partial charge in [-0.25, -0.2) is 0 Å². The van der Waals surface area contributed by atoms with Gasteiger partial charge in [0, 0.05) is 29.0 Å². The van der Waals surface area contributed by atoms with Crippen molar-refractivity contribution in [2.45, 2.75) is 108 Å². The van der Waals surface area contributed by atoms with Crippen molar-refractivity contribution in [3.05, 3.63) is 73.6 Å². The number of anilines is 1. The van der Waals surface area contributed by atoms with Crippen molar-refractivity contribution in [2.75, 3.05) is 11.9 Å². The molecule has 0 aromatic heterocycles. The molecule has 3 aromatic rings. The van der Waals surface area contributed by atoms with Crippen LogP contribution in [0.15, 0.2) is 24.3 Å². The van der Waals surface area contributed by atoms with Gasteiger partial charge in [0.2, 0.25) is 0 Å². The molecule has 2 heteroatoms. The maximum absolute atomic E-state index is 7.18. The van der Waals surface area contributed by atoms with Gasteiger partial charge in [-0.2, -0.15) is 0 Å². The zero-order valence-electron chi connectivity index (χ0n) is 28.2. The summed E-state index contributed by atoms with van der Waals surface area (Å²) in [6.45, 7) is 33.3. The molecule has 0 saturated carbocycles. The van der Waals surface area contributed by atoms with Crippen LogP contribution in [0.4, 0.5) is 5.69 Å². The van der Waals surface area contributed by atoms with Crippen molar-refractivity contribution in [3.63, 3.8) is 0 Å². The Morgan fingerprint density at radius 3 is 1.88 bits per heavy atom. The van der Waals surface area contributed by atoms with Crippen molar-refractivity contribution in [1.82, 2.24) is 0 Å². The van der Waals surface area contributed by atoms with E-state index >= 15 is 0 Å². The van der Waals surface area contributed by atoms with Crippen LogP contribution in [0.25, 0.3) is 22.3 Å². The Morgan fingerprint density at radius 1 is 0.634 bits per heavy atom. The van der Waals surface area contributed by atoms with Crippen molar-refractivity contribution in [1.29, 1.82) is 0 Å². The Labute approximate surface area is 248 Å². The van der Waals surface area contributed by atoms with Crippen LogP contribution in [0.2, 0.25) is 0 Å². The smallest absolute Gasteiger partial charge is 0.140 e. The number of hydrogen-bond acceptors (Lipinski definition) is 2. The lowest BCUT2D eigenvalue weighted by molar-refractivity contribution is 0.0664. The first-order valence-electron chi connectivity index (χ1n) is 15.4. The Balaban J connectivity index is 1.80. The van der Waals surface area contributed by atoms with E-state index in [9.17, 15) is 0 Å². The minimum atomic E-state index is -0.123. The topological polar surface area (TPSA) is 12.5 Å². The molecule has 0 radical (unpaired) electrons. The first-order valence-corrected chi connectivity index (χ1v) is 15.4. The van der Waals surface area contributed by atoms with Gasteiger partial charge in [0.1, 0.15) is 11.5 Å². The molecule has 0 bridgehead atoms. The number of rotatable bonds is 0. The van der Waals surface area contributed by atoms with Crippen molar-refractivity contribution in [2.24, 2.45) is 10.8 Å². The number of hydrogen-bond donors (Lipinski definition) is 0. The number of ether oxygens (including phenoxy) is 1. The average molecular weight is 548 g/mol. The molecule has 2 nitrogen and oxygen atoms in total. The molecule has 2 aliphatic heterocycles. The van der Waals surface area contributed by atoms with E-state index in [2.05, 4.69) is 133 Å². The second-order valence-corrected chi connectivity index (χ2v) is 15.3. The van der Waals surface area contributed by atoms with Crippen molar-refractivity contribution < 1.29 is 4.74 Å². The van der Waals surface area contributed by atoms with Crippen LogP contribution in [-0.2, 0) is 11.0 Å². The Morgan fingerprint density at radius 2 is 1.24 bits per heavy atom. The first-order chi connectivity index (χ1) is 18.8. The summed E-state index contributed by atoms with van der Waals surface area (Å²) in [5.74, 6) is 2.08. The molecular formula is C39H49NO. The molecule has 1 aliphatic carbocycles. The Kier molecular flexibility index (Phi) is 5.55. The van der Waals surface area contributed by atoms with Crippen LogP contribution >= 0.6 is 0 Å². The van der Waals surface area contributed by atoms with Gasteiger partial charge in [-0.05, 0) is 116 Å². The second kappa shape index (κ2) is 8.09. The lowest BCUT2D eigenvalue weighted by Gasteiger charge is -2.57. The fourth-order valence-electron chi connectivity index (χ4n) is 8.88. The second-order valence-electron chi connectivity index (χ2n) is 15.3. The first kappa shape index (κ1) is 28.1. The summed E-state index contributed by atoms with van der Waals surface area (Å²) in [5.41, 5.74) is 16.2. The summed E-state index contributed by atoms with van der Waals surface area (Å²) in [5, 5.41) is 2.72. The number of benzene rings is 3. The highest BCUT2D eigenvalue weighted by Gasteiger charge is 2.54. The highest BCUT2D eigenvalue weighted by atomic mass is 16.5. The fourth-order valence-corrected chi connectivity index (χ4v) is 8.88. The maximum Gasteiger partial charge on any atom is 0.140 e. The molecule has 216 valence electrons. The molecule has 0 spiro atoms. The standard InChI is InChI=1S/C39H49NO/c1-20-28-21(2)31-26-18-16-17-19-27(26)38(11,12)40(15)33(31)24(5)35(28)41-34-23(4)30-25(6)36(7,8)39(13,14)37(9,10)32(30)22(3)29(20)34/h16-19H,1-15H3. The molecule has 3 aromatic carbocycles. The van der Waals surface area contributed by atoms with Crippen LogP contribution in [0.1, 0.15) is 108 Å². The molecule has 0 fully saturated rings. The third-order valence-electron chi connectivity index (χ3n) is 12.9. The summed E-state index contributed by atoms with van der Waals surface area (Å²) < 4.78 is 7.18. The van der Waals surface area contributed by atoms with E-state index < -0.39 is 0 Å². The highest BCUT2D eigenvalue weighted by Crippen LogP contribution is 2.59. The molecule has 0 saturated heterocycles. The summed E-state index contributed by atoms with van der Waals surface area (Å²) in [6.07, 6.45) is 0. The molecular weight excluding hydrogens is 498 g/mol. The van der Waals surface area contributed by atoms with Crippen LogP contribution in [0.3, 0.4) is 0 Å². The number of fused-ring (bicyclic) bond motifs is 6. The van der Waals surface area contributed by atoms with E-state index in [0.717, 1.165) is 11.5 Å². The lowest BCUT2D eigenvalue weighted by Crippen LogP contribution is -2.56. The highest BCUT2D eigenvalue weighted by molar-refractivity contribution is 5.96. The summed E-state index contributed by atoms with van der Waals surface area (Å²) in [6, 6.07) is 8.97. The van der Waals surface area contributed by atoms with E-state index in [1.807, 2.05) is 0 Å². The zero-order chi connectivity index (χ0) is 30.4. The van der Waals surface area contributed by atoms with Crippen molar-refractivity contribution in [3.8, 4) is 22.6 Å². The summed E-state index contributed by atoms with van der Waals surface area (Å²) in [7, 11) is 2.25. The lowest BCUT2D eigenvalue weighted by atomic mass is 9.47. The molecule has 41 heavy (non-hydrogen) atoms. The number of nitrogens with zero attached hydrogens (tertiary/aromatic N) is 1. The largest absolute Gasteiger partial charge is 0.455 e. The quantitative estimate of drug-likeness (QED) is 0.278. The van der Waals surface area contributed by atoms with Gasteiger partial charge >= 0.3 is 0 Å². The van der Waals surface area contributed by atoms with E-state index in [4.69, 9.17) is 4.74 Å².